The van der Waals surface area contributed by atoms with Crippen LogP contribution in [0.5, 0.6) is 5.75 Å². The van der Waals surface area contributed by atoms with E-state index in [1.165, 1.54) is 10.4 Å². The molecule has 0 aliphatic carbocycles. The summed E-state index contributed by atoms with van der Waals surface area (Å²) in [7, 11) is 0. The maximum atomic E-state index is 9.22. The summed E-state index contributed by atoms with van der Waals surface area (Å²) in [6.45, 7) is 3.21. The van der Waals surface area contributed by atoms with Crippen molar-refractivity contribution < 1.29 is 5.11 Å². The Morgan fingerprint density at radius 3 is 2.67 bits per heavy atom. The molecule has 3 heteroatoms. The lowest BCUT2D eigenvalue weighted by molar-refractivity contribution is 0.474. The molecule has 0 radical (unpaired) electrons. The van der Waals surface area contributed by atoms with Gasteiger partial charge < -0.3 is 10.4 Å². The highest BCUT2D eigenvalue weighted by Crippen LogP contribution is 2.11. The predicted octanol–water partition coefficient (Wildman–Crippen LogP) is 3.22. The number of hydrogen-bond donors (Lipinski definition) is 2. The van der Waals surface area contributed by atoms with Crippen molar-refractivity contribution in [3.05, 3.63) is 52.2 Å². The lowest BCUT2D eigenvalue weighted by Gasteiger charge is -2.13. The lowest BCUT2D eigenvalue weighted by atomic mass is 10.1. The molecule has 2 nitrogen and oxygen atoms in total. The number of aromatic hydroxyl groups is 1. The number of phenolic OH excluding ortho intramolecular Hbond substituents is 1. The van der Waals surface area contributed by atoms with Crippen LogP contribution >= 0.6 is 11.3 Å². The normalized spacial score (nSPS) is 12.5. The maximum absolute atomic E-state index is 9.22. The average molecular weight is 261 g/mol. The minimum atomic E-state index is 0.331. The quantitative estimate of drug-likeness (QED) is 0.837. The van der Waals surface area contributed by atoms with Crippen LogP contribution in [0, 0.1) is 0 Å². The van der Waals surface area contributed by atoms with Gasteiger partial charge >= 0.3 is 0 Å². The van der Waals surface area contributed by atoms with Crippen molar-refractivity contribution in [2.45, 2.75) is 25.8 Å². The molecule has 2 rings (SSSR count). The molecule has 1 heterocycles. The fourth-order valence-corrected chi connectivity index (χ4v) is 2.66. The van der Waals surface area contributed by atoms with Crippen LogP contribution in [0.1, 0.15) is 17.4 Å². The number of nitrogens with one attached hydrogen (secondary N) is 1. The fourth-order valence-electron chi connectivity index (χ4n) is 1.95. The van der Waals surface area contributed by atoms with Crippen molar-refractivity contribution in [3.63, 3.8) is 0 Å². The van der Waals surface area contributed by atoms with Gasteiger partial charge in [0.2, 0.25) is 0 Å². The van der Waals surface area contributed by atoms with Crippen molar-refractivity contribution >= 4 is 11.3 Å². The monoisotopic (exact) mass is 261 g/mol. The number of rotatable bonds is 6. The van der Waals surface area contributed by atoms with E-state index in [-0.39, 0.29) is 0 Å². The minimum Gasteiger partial charge on any atom is -0.508 e. The Kier molecular flexibility index (Phi) is 4.79. The van der Waals surface area contributed by atoms with Crippen molar-refractivity contribution in [2.24, 2.45) is 0 Å². The maximum Gasteiger partial charge on any atom is 0.115 e. The molecular formula is C15H19NOS. The molecule has 2 N–H and O–H groups in total. The van der Waals surface area contributed by atoms with Gasteiger partial charge in [-0.15, -0.1) is 11.3 Å². The van der Waals surface area contributed by atoms with E-state index in [4.69, 9.17) is 0 Å². The summed E-state index contributed by atoms with van der Waals surface area (Å²) in [5.74, 6) is 0.331. The Bertz CT molecular complexity index is 450. The van der Waals surface area contributed by atoms with Crippen molar-refractivity contribution in [1.29, 1.82) is 0 Å². The largest absolute Gasteiger partial charge is 0.508 e. The van der Waals surface area contributed by atoms with Gasteiger partial charge in [0.15, 0.2) is 0 Å². The van der Waals surface area contributed by atoms with E-state index >= 15 is 0 Å². The Hall–Kier alpha value is -1.32. The third kappa shape index (κ3) is 4.17. The third-order valence-electron chi connectivity index (χ3n) is 2.92. The molecule has 0 fully saturated rings. The van der Waals surface area contributed by atoms with Crippen LogP contribution in [-0.2, 0) is 12.8 Å². The molecule has 0 aliphatic rings. The second-order valence-electron chi connectivity index (χ2n) is 4.56. The summed E-state index contributed by atoms with van der Waals surface area (Å²) in [6, 6.07) is 12.2. The summed E-state index contributed by atoms with van der Waals surface area (Å²) in [5.41, 5.74) is 1.25. The van der Waals surface area contributed by atoms with Gasteiger partial charge in [0.25, 0.3) is 0 Å². The molecule has 0 saturated heterocycles. The number of thiophene rings is 1. The average Bonchev–Trinajstić information content (AvgIpc) is 2.85. The third-order valence-corrected chi connectivity index (χ3v) is 3.86. The molecule has 96 valence electrons. The number of phenols is 1. The van der Waals surface area contributed by atoms with E-state index in [9.17, 15) is 5.11 Å². The Balaban J connectivity index is 1.71. The fraction of sp³-hybridized carbons (Fsp3) is 0.333. The van der Waals surface area contributed by atoms with Gasteiger partial charge in [-0.1, -0.05) is 18.2 Å². The molecule has 1 aromatic carbocycles. The summed E-state index contributed by atoms with van der Waals surface area (Å²) < 4.78 is 0. The van der Waals surface area contributed by atoms with Crippen LogP contribution < -0.4 is 5.32 Å². The molecule has 1 atom stereocenters. The minimum absolute atomic E-state index is 0.331. The van der Waals surface area contributed by atoms with E-state index in [1.807, 2.05) is 23.5 Å². The summed E-state index contributed by atoms with van der Waals surface area (Å²) in [5, 5.41) is 14.9. The van der Waals surface area contributed by atoms with Gasteiger partial charge in [-0.2, -0.15) is 0 Å². The molecular weight excluding hydrogens is 242 g/mol. The molecule has 2 aromatic rings. The summed E-state index contributed by atoms with van der Waals surface area (Å²) >= 11 is 1.81. The van der Waals surface area contributed by atoms with Crippen molar-refractivity contribution in [2.75, 3.05) is 6.54 Å². The second-order valence-corrected chi connectivity index (χ2v) is 5.59. The van der Waals surface area contributed by atoms with Gasteiger partial charge in [0, 0.05) is 17.5 Å². The second kappa shape index (κ2) is 6.57. The van der Waals surface area contributed by atoms with Crippen LogP contribution in [0.2, 0.25) is 0 Å². The molecule has 1 unspecified atom stereocenters. The van der Waals surface area contributed by atoms with Crippen molar-refractivity contribution in [3.8, 4) is 5.75 Å². The SMILES string of the molecule is CC(Cc1ccc(O)cc1)NCCc1cccs1. The topological polar surface area (TPSA) is 32.3 Å². The van der Waals surface area contributed by atoms with Crippen molar-refractivity contribution in [1.82, 2.24) is 5.32 Å². The van der Waals surface area contributed by atoms with Gasteiger partial charge in [-0.25, -0.2) is 0 Å². The van der Waals surface area contributed by atoms with E-state index < -0.39 is 0 Å². The first-order valence-corrected chi connectivity index (χ1v) is 7.15. The van der Waals surface area contributed by atoms with Gasteiger partial charge in [-0.3, -0.25) is 0 Å². The van der Waals surface area contributed by atoms with Gasteiger partial charge in [0.1, 0.15) is 5.75 Å². The zero-order chi connectivity index (χ0) is 12.8. The first kappa shape index (κ1) is 13.1. The number of hydrogen-bond acceptors (Lipinski definition) is 3. The highest BCUT2D eigenvalue weighted by Gasteiger charge is 2.03. The smallest absolute Gasteiger partial charge is 0.115 e. The molecule has 0 bridgehead atoms. The van der Waals surface area contributed by atoms with Crippen LogP contribution in [-0.4, -0.2) is 17.7 Å². The van der Waals surface area contributed by atoms with Crippen LogP contribution in [0.4, 0.5) is 0 Å². The summed E-state index contributed by atoms with van der Waals surface area (Å²) in [4.78, 5) is 1.43. The van der Waals surface area contributed by atoms with Crippen LogP contribution in [0.25, 0.3) is 0 Å². The Labute approximate surface area is 112 Å². The van der Waals surface area contributed by atoms with Gasteiger partial charge in [-0.05, 0) is 48.9 Å². The van der Waals surface area contributed by atoms with Gasteiger partial charge in [0.05, 0.1) is 0 Å². The zero-order valence-corrected chi connectivity index (χ0v) is 11.4. The first-order chi connectivity index (χ1) is 8.74. The standard InChI is InChI=1S/C15H19NOS/c1-12(11-13-4-6-14(17)7-5-13)16-9-8-15-3-2-10-18-15/h2-7,10,12,16-17H,8-9,11H2,1H3. The Morgan fingerprint density at radius 2 is 2.00 bits per heavy atom. The molecule has 18 heavy (non-hydrogen) atoms. The first-order valence-electron chi connectivity index (χ1n) is 6.28. The Morgan fingerprint density at radius 1 is 1.22 bits per heavy atom. The molecule has 0 spiro atoms. The zero-order valence-electron chi connectivity index (χ0n) is 10.6. The molecule has 0 amide bonds. The van der Waals surface area contributed by atoms with Crippen LogP contribution in [0.15, 0.2) is 41.8 Å². The lowest BCUT2D eigenvalue weighted by Crippen LogP contribution is -2.29. The molecule has 0 aliphatic heterocycles. The van der Waals surface area contributed by atoms with E-state index in [2.05, 4.69) is 29.8 Å². The predicted molar refractivity (Wildman–Crippen MR) is 77.3 cm³/mol. The van der Waals surface area contributed by atoms with Crippen LogP contribution in [0.3, 0.4) is 0 Å². The highest BCUT2D eigenvalue weighted by molar-refractivity contribution is 7.09. The number of benzene rings is 1. The van der Waals surface area contributed by atoms with E-state index in [0.29, 0.717) is 11.8 Å². The van der Waals surface area contributed by atoms with E-state index in [1.54, 1.807) is 12.1 Å². The van der Waals surface area contributed by atoms with E-state index in [0.717, 1.165) is 19.4 Å². The highest BCUT2D eigenvalue weighted by atomic mass is 32.1. The summed E-state index contributed by atoms with van der Waals surface area (Å²) in [6.07, 6.45) is 2.09. The molecule has 1 aromatic heterocycles. The molecule has 0 saturated carbocycles.